The maximum atomic E-state index is 13.1. The molecule has 0 radical (unpaired) electrons. The Balaban J connectivity index is 5.41. The van der Waals surface area contributed by atoms with E-state index in [1.54, 1.807) is 0 Å². The average molecular weight is 1480 g/mol. The normalized spacial score (nSPS) is 14.3. The van der Waals surface area contributed by atoms with Gasteiger partial charge in [-0.1, -0.05) is 280 Å². The van der Waals surface area contributed by atoms with Crippen LogP contribution in [0.2, 0.25) is 0 Å². The maximum absolute atomic E-state index is 13.1. The van der Waals surface area contributed by atoms with Gasteiger partial charge >= 0.3 is 39.5 Å². The summed E-state index contributed by atoms with van der Waals surface area (Å²) in [6, 6.07) is 0. The van der Waals surface area contributed by atoms with Gasteiger partial charge in [-0.2, -0.15) is 0 Å². The number of carbonyl (C=O) groups is 4. The van der Waals surface area contributed by atoms with Crippen LogP contribution in [-0.4, -0.2) is 96.7 Å². The Bertz CT molecular complexity index is 2260. The van der Waals surface area contributed by atoms with Crippen LogP contribution < -0.4 is 0 Å². The van der Waals surface area contributed by atoms with Gasteiger partial charge in [-0.15, -0.1) is 0 Å². The second kappa shape index (κ2) is 75.5. The number of aliphatic hydroxyl groups excluding tert-OH is 1. The van der Waals surface area contributed by atoms with Crippen LogP contribution >= 0.6 is 15.6 Å². The van der Waals surface area contributed by atoms with Crippen molar-refractivity contribution in [1.82, 2.24) is 0 Å². The van der Waals surface area contributed by atoms with Crippen molar-refractivity contribution in [2.75, 3.05) is 39.6 Å². The first kappa shape index (κ1) is 98.2. The van der Waals surface area contributed by atoms with Gasteiger partial charge in [0, 0.05) is 25.7 Å². The molecule has 0 fully saturated rings. The summed E-state index contributed by atoms with van der Waals surface area (Å²) in [4.78, 5) is 73.0. The summed E-state index contributed by atoms with van der Waals surface area (Å²) < 4.78 is 68.6. The summed E-state index contributed by atoms with van der Waals surface area (Å²) in [6.45, 7) is 4.79. The molecule has 0 aliphatic rings. The monoisotopic (exact) mass is 1480 g/mol. The number of allylic oxidation sites excluding steroid dienone is 14. The first-order valence-electron chi connectivity index (χ1n) is 40.8. The molecule has 2 unspecified atom stereocenters. The fourth-order valence-electron chi connectivity index (χ4n) is 11.0. The zero-order valence-electron chi connectivity index (χ0n) is 64.8. The number of phosphoric acid groups is 2. The number of unbranched alkanes of at least 4 members (excludes halogenated alkanes) is 37. The fourth-order valence-corrected chi connectivity index (χ4v) is 12.6. The molecule has 0 aromatic carbocycles. The van der Waals surface area contributed by atoms with Crippen molar-refractivity contribution in [1.29, 1.82) is 0 Å². The number of hydrogen-bond donors (Lipinski definition) is 3. The highest BCUT2D eigenvalue weighted by molar-refractivity contribution is 7.47. The molecule has 0 spiro atoms. The van der Waals surface area contributed by atoms with Crippen molar-refractivity contribution >= 4 is 39.5 Å². The average Bonchev–Trinajstić information content (AvgIpc) is 0.917. The summed E-state index contributed by atoms with van der Waals surface area (Å²) in [6.07, 6.45) is 78.5. The summed E-state index contributed by atoms with van der Waals surface area (Å²) >= 11 is 0. The van der Waals surface area contributed by atoms with Gasteiger partial charge < -0.3 is 33.8 Å². The standard InChI is InChI=1S/C83H148O17P2/c1-5-9-13-17-21-25-29-33-37-38-42-46-50-54-58-62-66-70-83(88)100-79(74-94-81(86)68-64-60-56-52-48-44-40-35-31-27-23-19-15-11-7-3)76-98-102(91,92)96-72-77(84)71-95-101(89,90)97-75-78(99-82(87)69-65-61-57-53-49-45-41-36-32-28-24-20-16-12-8-4)73-93-80(85)67-63-59-55-51-47-43-39-34-30-26-22-18-14-10-6-2/h21,25,27,31,33-34,36-37,39,41-42,46,54,58,77-79,84H,5-20,22-24,26,28-30,32,35,38,40,43-45,47-53,55-57,59-76H2,1-4H3,(H,89,90)(H,91,92)/b25-21-,31-27-,37-33-,39-34-,41-36-,46-42-,58-54-/t77-,78-,79-/m1/s1. The smallest absolute Gasteiger partial charge is 0.462 e. The largest absolute Gasteiger partial charge is 0.472 e. The number of rotatable bonds is 77. The Morgan fingerprint density at radius 2 is 0.490 bits per heavy atom. The number of esters is 4. The molecule has 0 rings (SSSR count). The Kier molecular flexibility index (Phi) is 72.7. The highest BCUT2D eigenvalue weighted by atomic mass is 31.2. The van der Waals surface area contributed by atoms with E-state index >= 15 is 0 Å². The lowest BCUT2D eigenvalue weighted by atomic mass is 10.1. The Labute approximate surface area is 621 Å². The van der Waals surface area contributed by atoms with Crippen LogP contribution in [0.4, 0.5) is 0 Å². The number of ether oxygens (including phenoxy) is 4. The minimum Gasteiger partial charge on any atom is -0.462 e. The SMILES string of the molecule is CCCCC/C=C\C/C=C\C/C=C\C/C=C\CCCC(=O)O[C@H](COC(=O)CCCCCCCCC/C=C\CCCCCC)COP(=O)(O)OC[C@H](O)COP(=O)(O)OC[C@@H](COC(=O)CCCCCCC/C=C\CCCCCCCC)OC(=O)CCCCCCC/C=C\CCCCCCCC. The molecule has 0 aliphatic carbocycles. The molecule has 0 aliphatic heterocycles. The van der Waals surface area contributed by atoms with Crippen molar-refractivity contribution < 1.29 is 80.2 Å². The van der Waals surface area contributed by atoms with Crippen LogP contribution in [-0.2, 0) is 65.4 Å². The molecule has 17 nitrogen and oxygen atoms in total. The molecule has 0 saturated carbocycles. The van der Waals surface area contributed by atoms with Gasteiger partial charge in [-0.25, -0.2) is 9.13 Å². The predicted octanol–water partition coefficient (Wildman–Crippen LogP) is 23.8. The van der Waals surface area contributed by atoms with Crippen LogP contribution in [0, 0.1) is 0 Å². The highest BCUT2D eigenvalue weighted by Gasteiger charge is 2.30. The summed E-state index contributed by atoms with van der Waals surface area (Å²) in [5, 5.41) is 10.6. The molecule has 0 amide bonds. The first-order valence-corrected chi connectivity index (χ1v) is 43.8. The van der Waals surface area contributed by atoms with Crippen LogP contribution in [0.5, 0.6) is 0 Å². The molecule has 3 N–H and O–H groups in total. The van der Waals surface area contributed by atoms with Crippen LogP contribution in [0.15, 0.2) is 85.1 Å². The van der Waals surface area contributed by atoms with Gasteiger partial charge in [0.05, 0.1) is 26.4 Å². The van der Waals surface area contributed by atoms with E-state index in [-0.39, 0.29) is 25.7 Å². The molecule has 0 saturated heterocycles. The third-order valence-corrected chi connectivity index (χ3v) is 19.2. The van der Waals surface area contributed by atoms with Crippen LogP contribution in [0.1, 0.15) is 362 Å². The van der Waals surface area contributed by atoms with Crippen molar-refractivity contribution in [3.8, 4) is 0 Å². The fraction of sp³-hybridized carbons (Fsp3) is 0.783. The molecule has 19 heteroatoms. The lowest BCUT2D eigenvalue weighted by Gasteiger charge is -2.21. The number of aliphatic hydroxyl groups is 1. The number of phosphoric ester groups is 2. The topological polar surface area (TPSA) is 237 Å². The van der Waals surface area contributed by atoms with E-state index in [1.807, 2.05) is 12.2 Å². The molecule has 0 aromatic rings. The van der Waals surface area contributed by atoms with Crippen molar-refractivity contribution in [2.45, 2.75) is 380 Å². The quantitative estimate of drug-likeness (QED) is 0.0169. The van der Waals surface area contributed by atoms with Gasteiger partial charge in [0.25, 0.3) is 0 Å². The molecule has 0 aromatic heterocycles. The van der Waals surface area contributed by atoms with E-state index in [0.29, 0.717) is 32.1 Å². The lowest BCUT2D eigenvalue weighted by Crippen LogP contribution is -2.30. The minimum absolute atomic E-state index is 0.0197. The zero-order valence-corrected chi connectivity index (χ0v) is 66.6. The lowest BCUT2D eigenvalue weighted by molar-refractivity contribution is -0.161. The third-order valence-electron chi connectivity index (χ3n) is 17.3. The second-order valence-corrected chi connectivity index (χ2v) is 30.3. The minimum atomic E-state index is -4.99. The van der Waals surface area contributed by atoms with Gasteiger partial charge in [0.1, 0.15) is 19.3 Å². The Hall–Kier alpha value is -3.76. The second-order valence-electron chi connectivity index (χ2n) is 27.3. The van der Waals surface area contributed by atoms with Gasteiger partial charge in [-0.3, -0.25) is 37.3 Å². The molecule has 5 atom stereocenters. The third kappa shape index (κ3) is 74.5. The first-order chi connectivity index (χ1) is 49.7. The van der Waals surface area contributed by atoms with E-state index in [0.717, 1.165) is 141 Å². The summed E-state index contributed by atoms with van der Waals surface area (Å²) in [5.74, 6) is -2.24. The van der Waals surface area contributed by atoms with E-state index in [1.165, 1.54) is 135 Å². The Morgan fingerprint density at radius 1 is 0.275 bits per heavy atom. The van der Waals surface area contributed by atoms with Gasteiger partial charge in [-0.05, 0) is 141 Å². The molecule has 0 bridgehead atoms. The molecular weight excluding hydrogens is 1330 g/mol. The summed E-state index contributed by atoms with van der Waals surface area (Å²) in [7, 11) is -9.97. The van der Waals surface area contributed by atoms with Crippen molar-refractivity contribution in [2.24, 2.45) is 0 Å². The molecule has 592 valence electrons. The van der Waals surface area contributed by atoms with Crippen LogP contribution in [0.25, 0.3) is 0 Å². The van der Waals surface area contributed by atoms with Crippen LogP contribution in [0.3, 0.4) is 0 Å². The zero-order chi connectivity index (χ0) is 74.6. The van der Waals surface area contributed by atoms with E-state index < -0.39 is 97.5 Å². The van der Waals surface area contributed by atoms with Gasteiger partial charge in [0.2, 0.25) is 0 Å². The van der Waals surface area contributed by atoms with Crippen molar-refractivity contribution in [3.63, 3.8) is 0 Å². The highest BCUT2D eigenvalue weighted by Crippen LogP contribution is 2.45. The molecular formula is C83H148O17P2. The summed E-state index contributed by atoms with van der Waals surface area (Å²) in [5.41, 5.74) is 0. The van der Waals surface area contributed by atoms with E-state index in [2.05, 4.69) is 101 Å². The molecule has 102 heavy (non-hydrogen) atoms. The maximum Gasteiger partial charge on any atom is 0.472 e. The number of hydrogen-bond acceptors (Lipinski definition) is 15. The van der Waals surface area contributed by atoms with E-state index in [4.69, 9.17) is 37.0 Å². The predicted molar refractivity (Wildman–Crippen MR) is 418 cm³/mol. The van der Waals surface area contributed by atoms with Crippen molar-refractivity contribution in [3.05, 3.63) is 85.1 Å². The van der Waals surface area contributed by atoms with Gasteiger partial charge in [0.15, 0.2) is 12.2 Å². The molecule has 0 heterocycles. The van der Waals surface area contributed by atoms with E-state index in [9.17, 15) is 43.2 Å². The number of carbonyl (C=O) groups excluding carboxylic acids is 4. The Morgan fingerprint density at radius 3 is 0.814 bits per heavy atom.